The van der Waals surface area contributed by atoms with Gasteiger partial charge in [0.1, 0.15) is 5.69 Å². The summed E-state index contributed by atoms with van der Waals surface area (Å²) in [5, 5.41) is 6.93. The van der Waals surface area contributed by atoms with Gasteiger partial charge in [0.2, 0.25) is 0 Å². The van der Waals surface area contributed by atoms with Crippen LogP contribution in [0.1, 0.15) is 37.2 Å². The Balaban J connectivity index is 2.83. The van der Waals surface area contributed by atoms with E-state index in [1.807, 2.05) is 13.8 Å². The third-order valence-electron chi connectivity index (χ3n) is 2.93. The predicted molar refractivity (Wildman–Crippen MR) is 72.2 cm³/mol. The average Bonchev–Trinajstić information content (AvgIpc) is 2.43. The summed E-state index contributed by atoms with van der Waals surface area (Å²) in [6.45, 7) is 4.74. The van der Waals surface area contributed by atoms with Gasteiger partial charge in [0.05, 0.1) is 13.2 Å². The Hall–Kier alpha value is -1.69. The van der Waals surface area contributed by atoms with Crippen molar-refractivity contribution in [3.05, 3.63) is 28.2 Å². The van der Waals surface area contributed by atoms with Crippen LogP contribution in [0.3, 0.4) is 0 Å². The Morgan fingerprint density at radius 2 is 2.11 bits per heavy atom. The molecule has 1 amide bonds. The van der Waals surface area contributed by atoms with Gasteiger partial charge in [-0.1, -0.05) is 13.8 Å². The molecule has 0 aromatic carbocycles. The molecule has 1 aromatic heterocycles. The van der Waals surface area contributed by atoms with E-state index in [2.05, 4.69) is 10.4 Å². The number of nitrogens with zero attached hydrogens (tertiary/aromatic N) is 2. The van der Waals surface area contributed by atoms with Gasteiger partial charge in [-0.3, -0.25) is 9.59 Å². The molecule has 106 valence electrons. The third-order valence-corrected chi connectivity index (χ3v) is 2.93. The zero-order valence-corrected chi connectivity index (χ0v) is 11.7. The Bertz CT molecular complexity index is 466. The van der Waals surface area contributed by atoms with E-state index in [0.717, 1.165) is 12.8 Å². The number of ether oxygens (including phenoxy) is 1. The predicted octanol–water partition coefficient (Wildman–Crippen LogP) is 0.808. The molecule has 0 spiro atoms. The molecule has 6 heteroatoms. The van der Waals surface area contributed by atoms with Gasteiger partial charge in [0, 0.05) is 19.2 Å². The molecule has 0 aliphatic rings. The van der Waals surface area contributed by atoms with E-state index < -0.39 is 0 Å². The van der Waals surface area contributed by atoms with Crippen LogP contribution in [0.4, 0.5) is 0 Å². The molecule has 0 saturated heterocycles. The van der Waals surface area contributed by atoms with Crippen molar-refractivity contribution in [2.75, 3.05) is 13.7 Å². The largest absolute Gasteiger partial charge is 0.383 e. The minimum atomic E-state index is -0.250. The van der Waals surface area contributed by atoms with Crippen molar-refractivity contribution in [3.8, 4) is 0 Å². The van der Waals surface area contributed by atoms with Gasteiger partial charge >= 0.3 is 0 Å². The Morgan fingerprint density at radius 1 is 1.42 bits per heavy atom. The molecule has 0 saturated carbocycles. The zero-order valence-electron chi connectivity index (χ0n) is 11.7. The van der Waals surface area contributed by atoms with Crippen LogP contribution in [0, 0.1) is 0 Å². The van der Waals surface area contributed by atoms with Gasteiger partial charge in [-0.05, 0) is 18.9 Å². The normalized spacial score (nSPS) is 10.7. The van der Waals surface area contributed by atoms with E-state index in [1.54, 1.807) is 7.11 Å². The van der Waals surface area contributed by atoms with E-state index in [9.17, 15) is 9.59 Å². The molecule has 0 atom stereocenters. The molecule has 1 rings (SSSR count). The summed E-state index contributed by atoms with van der Waals surface area (Å²) in [5.41, 5.74) is 0.0127. The van der Waals surface area contributed by atoms with Crippen molar-refractivity contribution >= 4 is 5.91 Å². The number of carbonyl (C=O) groups excluding carboxylic acids is 1. The second kappa shape index (κ2) is 7.68. The highest BCUT2D eigenvalue weighted by atomic mass is 16.5. The smallest absolute Gasteiger partial charge is 0.271 e. The lowest BCUT2D eigenvalue weighted by molar-refractivity contribution is 0.0926. The number of carbonyl (C=O) groups is 1. The van der Waals surface area contributed by atoms with Crippen molar-refractivity contribution in [1.29, 1.82) is 0 Å². The van der Waals surface area contributed by atoms with Gasteiger partial charge in [0.25, 0.3) is 11.5 Å². The number of rotatable bonds is 7. The summed E-state index contributed by atoms with van der Waals surface area (Å²) in [4.78, 5) is 23.5. The van der Waals surface area contributed by atoms with Crippen LogP contribution in [-0.2, 0) is 11.3 Å². The summed E-state index contributed by atoms with van der Waals surface area (Å²) in [7, 11) is 1.55. The van der Waals surface area contributed by atoms with Crippen LogP contribution in [0.5, 0.6) is 0 Å². The van der Waals surface area contributed by atoms with Crippen molar-refractivity contribution < 1.29 is 9.53 Å². The molecule has 0 bridgehead atoms. The van der Waals surface area contributed by atoms with E-state index in [4.69, 9.17) is 4.74 Å². The first-order valence-corrected chi connectivity index (χ1v) is 6.50. The molecule has 0 aliphatic heterocycles. The topological polar surface area (TPSA) is 73.2 Å². The van der Waals surface area contributed by atoms with Crippen LogP contribution >= 0.6 is 0 Å². The summed E-state index contributed by atoms with van der Waals surface area (Å²) in [5.74, 6) is -0.250. The summed E-state index contributed by atoms with van der Waals surface area (Å²) >= 11 is 0. The fraction of sp³-hybridized carbons (Fsp3) is 0.615. The van der Waals surface area contributed by atoms with Crippen molar-refractivity contribution in [3.63, 3.8) is 0 Å². The van der Waals surface area contributed by atoms with Crippen molar-refractivity contribution in [2.24, 2.45) is 0 Å². The number of nitrogens with one attached hydrogen (secondary N) is 1. The molecule has 0 aliphatic carbocycles. The second-order valence-electron chi connectivity index (χ2n) is 4.26. The summed E-state index contributed by atoms with van der Waals surface area (Å²) in [6.07, 6.45) is 1.73. The number of methoxy groups -OCH3 is 1. The molecule has 0 radical (unpaired) electrons. The van der Waals surface area contributed by atoms with E-state index >= 15 is 0 Å². The minimum Gasteiger partial charge on any atom is -0.383 e. The number of hydrogen-bond donors (Lipinski definition) is 1. The number of hydrogen-bond acceptors (Lipinski definition) is 4. The van der Waals surface area contributed by atoms with Crippen molar-refractivity contribution in [1.82, 2.24) is 15.1 Å². The van der Waals surface area contributed by atoms with Gasteiger partial charge < -0.3 is 10.1 Å². The quantitative estimate of drug-likeness (QED) is 0.793. The first-order valence-electron chi connectivity index (χ1n) is 6.50. The Kier molecular flexibility index (Phi) is 6.21. The highest BCUT2D eigenvalue weighted by Gasteiger charge is 2.13. The van der Waals surface area contributed by atoms with Crippen LogP contribution in [0.2, 0.25) is 0 Å². The monoisotopic (exact) mass is 267 g/mol. The molecule has 1 aromatic rings. The lowest BCUT2D eigenvalue weighted by Gasteiger charge is -2.14. The fourth-order valence-corrected chi connectivity index (χ4v) is 1.66. The average molecular weight is 267 g/mol. The summed E-state index contributed by atoms with van der Waals surface area (Å²) in [6, 6.07) is 2.93. The molecular weight excluding hydrogens is 246 g/mol. The van der Waals surface area contributed by atoms with Crippen LogP contribution in [-0.4, -0.2) is 35.4 Å². The summed E-state index contributed by atoms with van der Waals surface area (Å²) < 4.78 is 6.14. The molecule has 0 fully saturated rings. The number of aromatic nitrogens is 2. The first-order chi connectivity index (χ1) is 9.12. The third kappa shape index (κ3) is 4.48. The SMILES string of the molecule is CCC(CC)NC(=O)c1ccc(=O)n(CCOC)n1. The molecule has 19 heavy (non-hydrogen) atoms. The van der Waals surface area contributed by atoms with Gasteiger partial charge in [-0.2, -0.15) is 5.10 Å². The molecule has 1 N–H and O–H groups in total. The second-order valence-corrected chi connectivity index (χ2v) is 4.26. The lowest BCUT2D eigenvalue weighted by atomic mass is 10.1. The fourth-order valence-electron chi connectivity index (χ4n) is 1.66. The van der Waals surface area contributed by atoms with Crippen LogP contribution in [0.15, 0.2) is 16.9 Å². The van der Waals surface area contributed by atoms with Gasteiger partial charge in [-0.25, -0.2) is 4.68 Å². The lowest BCUT2D eigenvalue weighted by Crippen LogP contribution is -2.36. The molecule has 6 nitrogen and oxygen atoms in total. The maximum absolute atomic E-state index is 12.0. The van der Waals surface area contributed by atoms with Gasteiger partial charge in [-0.15, -0.1) is 0 Å². The maximum Gasteiger partial charge on any atom is 0.271 e. The number of amides is 1. The van der Waals surface area contributed by atoms with Crippen LogP contribution in [0.25, 0.3) is 0 Å². The van der Waals surface area contributed by atoms with E-state index in [0.29, 0.717) is 13.2 Å². The molecule has 0 unspecified atom stereocenters. The molecule has 1 heterocycles. The van der Waals surface area contributed by atoms with E-state index in [1.165, 1.54) is 16.8 Å². The Morgan fingerprint density at radius 3 is 2.68 bits per heavy atom. The van der Waals surface area contributed by atoms with Crippen molar-refractivity contribution in [2.45, 2.75) is 39.3 Å². The van der Waals surface area contributed by atoms with Crippen LogP contribution < -0.4 is 10.9 Å². The Labute approximate surface area is 112 Å². The maximum atomic E-state index is 12.0. The highest BCUT2D eigenvalue weighted by Crippen LogP contribution is 1.99. The van der Waals surface area contributed by atoms with E-state index in [-0.39, 0.29) is 23.2 Å². The standard InChI is InChI=1S/C13H21N3O3/c1-4-10(5-2)14-13(18)11-6-7-12(17)16(15-11)8-9-19-3/h6-7,10H,4-5,8-9H2,1-3H3,(H,14,18). The highest BCUT2D eigenvalue weighted by molar-refractivity contribution is 5.92. The zero-order chi connectivity index (χ0) is 14.3. The minimum absolute atomic E-state index is 0.133. The molecular formula is C13H21N3O3. The van der Waals surface area contributed by atoms with Gasteiger partial charge in [0.15, 0.2) is 0 Å². The first kappa shape index (κ1) is 15.4.